The molecule has 0 saturated carbocycles. The second-order valence-electron chi connectivity index (χ2n) is 3.81. The average Bonchev–Trinajstić information content (AvgIpc) is 2.23. The number of nitrogens with zero attached hydrogens (tertiary/aromatic N) is 2. The number of rotatable bonds is 1. The maximum absolute atomic E-state index is 11.6. The molecule has 88 valence electrons. The fourth-order valence-corrected chi connectivity index (χ4v) is 1.68. The molecule has 0 aliphatic carbocycles. The van der Waals surface area contributed by atoms with E-state index in [0.29, 0.717) is 13.1 Å². The summed E-state index contributed by atoms with van der Waals surface area (Å²) in [5, 5.41) is 10.5. The van der Waals surface area contributed by atoms with E-state index in [1.54, 1.807) is 6.07 Å². The predicted octanol–water partition coefficient (Wildman–Crippen LogP) is -0.738. The second kappa shape index (κ2) is 5.47. The van der Waals surface area contributed by atoms with Crippen LogP contribution >= 0.6 is 0 Å². The molecule has 1 heterocycles. The van der Waals surface area contributed by atoms with Crippen LogP contribution in [0, 0.1) is 11.3 Å². The Kier molecular flexibility index (Phi) is 4.26. The van der Waals surface area contributed by atoms with Crippen LogP contribution in [0.2, 0.25) is 0 Å². The number of carbonyl (C=O) groups excluding carboxylic acids is 2. The number of nitriles is 1. The molecule has 0 aromatic carbocycles. The van der Waals surface area contributed by atoms with E-state index in [1.807, 2.05) is 13.8 Å². The van der Waals surface area contributed by atoms with Gasteiger partial charge in [0.25, 0.3) is 0 Å². The molecule has 0 spiro atoms. The zero-order valence-corrected chi connectivity index (χ0v) is 9.40. The Bertz CT molecular complexity index is 314. The molecule has 1 N–H and O–H groups in total. The normalized spacial score (nSPS) is 24.7. The van der Waals surface area contributed by atoms with Gasteiger partial charge < -0.3 is 15.0 Å². The third-order valence-corrected chi connectivity index (χ3v) is 2.23. The van der Waals surface area contributed by atoms with Gasteiger partial charge in [-0.3, -0.25) is 9.59 Å². The molecule has 2 unspecified atom stereocenters. The maximum Gasteiger partial charge on any atom is 0.312 e. The van der Waals surface area contributed by atoms with Crippen molar-refractivity contribution in [2.45, 2.75) is 26.1 Å². The van der Waals surface area contributed by atoms with Gasteiger partial charge in [0.15, 0.2) is 0 Å². The minimum Gasteiger partial charge on any atom is -0.372 e. The quantitative estimate of drug-likeness (QED) is 0.471. The molecule has 0 aromatic rings. The zero-order chi connectivity index (χ0) is 12.1. The highest BCUT2D eigenvalue weighted by atomic mass is 16.5. The van der Waals surface area contributed by atoms with Crippen molar-refractivity contribution in [1.29, 1.82) is 5.26 Å². The number of hydrogen-bond acceptors (Lipinski definition) is 4. The van der Waals surface area contributed by atoms with Crippen molar-refractivity contribution < 1.29 is 14.3 Å². The van der Waals surface area contributed by atoms with Crippen molar-refractivity contribution in [3.63, 3.8) is 0 Å². The molecule has 0 aromatic heterocycles. The van der Waals surface area contributed by atoms with Crippen LogP contribution < -0.4 is 5.32 Å². The van der Waals surface area contributed by atoms with Crippen LogP contribution in [0.4, 0.5) is 0 Å². The van der Waals surface area contributed by atoms with Crippen molar-refractivity contribution in [3.8, 4) is 6.07 Å². The first-order valence-corrected chi connectivity index (χ1v) is 5.14. The van der Waals surface area contributed by atoms with Gasteiger partial charge in [0.2, 0.25) is 0 Å². The van der Waals surface area contributed by atoms with E-state index in [9.17, 15) is 9.59 Å². The van der Waals surface area contributed by atoms with Gasteiger partial charge in [-0.25, -0.2) is 0 Å². The van der Waals surface area contributed by atoms with Crippen LogP contribution in [0.3, 0.4) is 0 Å². The van der Waals surface area contributed by atoms with Crippen LogP contribution in [0.1, 0.15) is 13.8 Å². The maximum atomic E-state index is 11.6. The number of hydrogen-bond donors (Lipinski definition) is 1. The third-order valence-electron chi connectivity index (χ3n) is 2.23. The molecule has 1 aliphatic rings. The van der Waals surface area contributed by atoms with Crippen LogP contribution in [-0.4, -0.2) is 48.6 Å². The average molecular weight is 225 g/mol. The van der Waals surface area contributed by atoms with Crippen molar-refractivity contribution in [1.82, 2.24) is 10.2 Å². The highest BCUT2D eigenvalue weighted by molar-refractivity contribution is 6.35. The first-order valence-electron chi connectivity index (χ1n) is 5.14. The lowest BCUT2D eigenvalue weighted by Crippen LogP contribution is -2.52. The first kappa shape index (κ1) is 12.5. The van der Waals surface area contributed by atoms with Crippen molar-refractivity contribution in [2.24, 2.45) is 0 Å². The number of nitrogens with one attached hydrogen (secondary N) is 1. The molecule has 2 atom stereocenters. The van der Waals surface area contributed by atoms with Gasteiger partial charge in [0.05, 0.1) is 18.3 Å². The van der Waals surface area contributed by atoms with E-state index in [-0.39, 0.29) is 18.8 Å². The number of ether oxygens (including phenoxy) is 1. The molecule has 2 amide bonds. The van der Waals surface area contributed by atoms with Gasteiger partial charge in [0, 0.05) is 13.1 Å². The monoisotopic (exact) mass is 225 g/mol. The molecule has 0 radical (unpaired) electrons. The minimum atomic E-state index is -0.733. The Morgan fingerprint density at radius 1 is 1.44 bits per heavy atom. The molecule has 1 rings (SSSR count). The van der Waals surface area contributed by atoms with Gasteiger partial charge in [0.1, 0.15) is 6.54 Å². The molecule has 0 bridgehead atoms. The summed E-state index contributed by atoms with van der Waals surface area (Å²) in [5.41, 5.74) is 0. The topological polar surface area (TPSA) is 82.4 Å². The molecule has 6 heteroatoms. The van der Waals surface area contributed by atoms with E-state index in [0.717, 1.165) is 0 Å². The summed E-state index contributed by atoms with van der Waals surface area (Å²) in [6, 6.07) is 1.75. The van der Waals surface area contributed by atoms with E-state index >= 15 is 0 Å². The Hall–Kier alpha value is -1.61. The number of carbonyl (C=O) groups is 2. The van der Waals surface area contributed by atoms with Gasteiger partial charge in [-0.2, -0.15) is 5.26 Å². The highest BCUT2D eigenvalue weighted by Gasteiger charge is 2.29. The Labute approximate surface area is 94.2 Å². The number of morpholine rings is 1. The summed E-state index contributed by atoms with van der Waals surface area (Å²) in [6.45, 7) is 4.36. The highest BCUT2D eigenvalue weighted by Crippen LogP contribution is 2.10. The number of amides is 2. The van der Waals surface area contributed by atoms with Crippen LogP contribution in [-0.2, 0) is 14.3 Å². The van der Waals surface area contributed by atoms with Crippen molar-refractivity contribution in [3.05, 3.63) is 0 Å². The van der Waals surface area contributed by atoms with Gasteiger partial charge >= 0.3 is 11.8 Å². The Balaban J connectivity index is 2.53. The summed E-state index contributed by atoms with van der Waals surface area (Å²) < 4.78 is 5.45. The van der Waals surface area contributed by atoms with Gasteiger partial charge in [-0.05, 0) is 13.8 Å². The molecule has 1 aliphatic heterocycles. The fourth-order valence-electron chi connectivity index (χ4n) is 1.68. The van der Waals surface area contributed by atoms with E-state index in [1.165, 1.54) is 4.90 Å². The van der Waals surface area contributed by atoms with Crippen LogP contribution in [0.25, 0.3) is 0 Å². The van der Waals surface area contributed by atoms with Crippen molar-refractivity contribution >= 4 is 11.8 Å². The van der Waals surface area contributed by atoms with Crippen LogP contribution in [0.5, 0.6) is 0 Å². The first-order chi connectivity index (χ1) is 7.54. The van der Waals surface area contributed by atoms with E-state index < -0.39 is 11.8 Å². The van der Waals surface area contributed by atoms with Gasteiger partial charge in [-0.1, -0.05) is 0 Å². The largest absolute Gasteiger partial charge is 0.372 e. The molecule has 1 fully saturated rings. The molecular weight excluding hydrogens is 210 g/mol. The lowest BCUT2D eigenvalue weighted by Gasteiger charge is -2.34. The zero-order valence-electron chi connectivity index (χ0n) is 9.40. The van der Waals surface area contributed by atoms with Crippen molar-refractivity contribution in [2.75, 3.05) is 19.6 Å². The Morgan fingerprint density at radius 3 is 2.50 bits per heavy atom. The van der Waals surface area contributed by atoms with E-state index in [4.69, 9.17) is 10.00 Å². The van der Waals surface area contributed by atoms with Crippen LogP contribution in [0.15, 0.2) is 0 Å². The summed E-state index contributed by atoms with van der Waals surface area (Å²) >= 11 is 0. The third kappa shape index (κ3) is 3.21. The molecule has 1 saturated heterocycles. The molecule has 6 nitrogen and oxygen atoms in total. The minimum absolute atomic E-state index is 0.0727. The molecular formula is C10H15N3O3. The fraction of sp³-hybridized carbons (Fsp3) is 0.700. The Morgan fingerprint density at radius 2 is 2.00 bits per heavy atom. The predicted molar refractivity (Wildman–Crippen MR) is 55.2 cm³/mol. The lowest BCUT2D eigenvalue weighted by atomic mass is 10.2. The summed E-state index contributed by atoms with van der Waals surface area (Å²) in [7, 11) is 0. The smallest absolute Gasteiger partial charge is 0.312 e. The van der Waals surface area contributed by atoms with Gasteiger partial charge in [-0.15, -0.1) is 0 Å². The standard InChI is InChI=1S/C10H15N3O3/c1-7-5-13(6-8(2)16-7)10(15)9(14)12-4-3-11/h7-8H,4-6H2,1-2H3,(H,12,14). The lowest BCUT2D eigenvalue weighted by molar-refractivity contribution is -0.153. The summed E-state index contributed by atoms with van der Waals surface area (Å²) in [5.74, 6) is -1.33. The molecule has 16 heavy (non-hydrogen) atoms. The summed E-state index contributed by atoms with van der Waals surface area (Å²) in [4.78, 5) is 24.4. The summed E-state index contributed by atoms with van der Waals surface area (Å²) in [6.07, 6.45) is -0.145. The van der Waals surface area contributed by atoms with E-state index in [2.05, 4.69) is 5.32 Å². The second-order valence-corrected chi connectivity index (χ2v) is 3.81. The SMILES string of the molecule is CC1CN(C(=O)C(=O)NCC#N)CC(C)O1.